The molecule has 0 spiro atoms. The first-order valence-corrected chi connectivity index (χ1v) is 5.13. The number of esters is 1. The highest BCUT2D eigenvalue weighted by Gasteiger charge is 2.19. The maximum Gasteiger partial charge on any atom is 0.375 e. The highest BCUT2D eigenvalue weighted by atomic mass is 16.5. The second-order valence-corrected chi connectivity index (χ2v) is 3.37. The Hall–Kier alpha value is -2.17. The van der Waals surface area contributed by atoms with E-state index in [4.69, 9.17) is 5.73 Å². The zero-order valence-corrected chi connectivity index (χ0v) is 9.43. The number of carbonyl (C=O) groups excluding carboxylic acids is 3. The van der Waals surface area contributed by atoms with Crippen molar-refractivity contribution in [3.63, 3.8) is 0 Å². The van der Waals surface area contributed by atoms with Crippen molar-refractivity contribution in [3.8, 4) is 0 Å². The van der Waals surface area contributed by atoms with Gasteiger partial charge >= 0.3 is 5.97 Å². The van der Waals surface area contributed by atoms with Crippen molar-refractivity contribution >= 4 is 23.2 Å². The Morgan fingerprint density at radius 2 is 1.76 bits per heavy atom. The summed E-state index contributed by atoms with van der Waals surface area (Å²) >= 11 is 0. The second-order valence-electron chi connectivity index (χ2n) is 3.37. The minimum Gasteiger partial charge on any atom is -0.460 e. The van der Waals surface area contributed by atoms with Crippen molar-refractivity contribution in [3.05, 3.63) is 29.8 Å². The number of ether oxygens (including phenoxy) is 1. The molecule has 0 aliphatic carbocycles. The number of hydrogen-bond donors (Lipinski definition) is 1. The third kappa shape index (κ3) is 3.71. The van der Waals surface area contributed by atoms with Crippen LogP contribution in [-0.4, -0.2) is 24.1 Å². The number of anilines is 1. The summed E-state index contributed by atoms with van der Waals surface area (Å²) in [4.78, 5) is 33.9. The summed E-state index contributed by atoms with van der Waals surface area (Å²) in [5, 5.41) is 0. The fourth-order valence-electron chi connectivity index (χ4n) is 1.20. The molecule has 0 radical (unpaired) electrons. The largest absolute Gasteiger partial charge is 0.460 e. The fourth-order valence-corrected chi connectivity index (χ4v) is 1.20. The van der Waals surface area contributed by atoms with Gasteiger partial charge in [0.05, 0.1) is 13.0 Å². The van der Waals surface area contributed by atoms with E-state index in [2.05, 4.69) is 4.74 Å². The van der Waals surface area contributed by atoms with E-state index in [0.29, 0.717) is 11.3 Å². The zero-order valence-electron chi connectivity index (χ0n) is 9.43. The van der Waals surface area contributed by atoms with Gasteiger partial charge in [0.25, 0.3) is 0 Å². The summed E-state index contributed by atoms with van der Waals surface area (Å²) in [6.07, 6.45) is -0.483. The molecule has 0 fully saturated rings. The van der Waals surface area contributed by atoms with Gasteiger partial charge in [-0.15, -0.1) is 0 Å². The molecule has 90 valence electrons. The van der Waals surface area contributed by atoms with Gasteiger partial charge in [0.1, 0.15) is 0 Å². The number of Topliss-reactive ketones (excluding diaryl/α,β-unsaturated/α-hetero) is 2. The number of nitrogen functional groups attached to an aromatic ring is 1. The molecular formula is C12H13NO4. The summed E-state index contributed by atoms with van der Waals surface area (Å²) in [7, 11) is 0. The van der Waals surface area contributed by atoms with Gasteiger partial charge in [-0.25, -0.2) is 4.79 Å². The van der Waals surface area contributed by atoms with E-state index in [0.717, 1.165) is 0 Å². The Labute approximate surface area is 98.6 Å². The molecule has 0 aliphatic rings. The average Bonchev–Trinajstić information content (AvgIpc) is 2.30. The molecule has 0 unspecified atom stereocenters. The van der Waals surface area contributed by atoms with Crippen LogP contribution in [0.15, 0.2) is 24.3 Å². The Balaban J connectivity index is 2.63. The lowest BCUT2D eigenvalue weighted by molar-refractivity contribution is -0.153. The number of carbonyl (C=O) groups is 3. The number of rotatable bonds is 5. The highest BCUT2D eigenvalue weighted by molar-refractivity contribution is 6.38. The Morgan fingerprint density at radius 3 is 2.29 bits per heavy atom. The van der Waals surface area contributed by atoms with Gasteiger partial charge in [-0.2, -0.15) is 0 Å². The van der Waals surface area contributed by atoms with Crippen molar-refractivity contribution in [1.82, 2.24) is 0 Å². The molecule has 0 heterocycles. The van der Waals surface area contributed by atoms with Crippen LogP contribution in [0.2, 0.25) is 0 Å². The molecular weight excluding hydrogens is 222 g/mol. The third-order valence-corrected chi connectivity index (χ3v) is 2.06. The summed E-state index contributed by atoms with van der Waals surface area (Å²) in [5.74, 6) is -2.24. The molecule has 0 saturated carbocycles. The van der Waals surface area contributed by atoms with Crippen molar-refractivity contribution in [1.29, 1.82) is 0 Å². The lowest BCUT2D eigenvalue weighted by Gasteiger charge is -2.01. The molecule has 0 atom stereocenters. The van der Waals surface area contributed by atoms with Gasteiger partial charge in [-0.1, -0.05) is 0 Å². The third-order valence-electron chi connectivity index (χ3n) is 2.06. The number of nitrogens with two attached hydrogens (primary N) is 1. The monoisotopic (exact) mass is 235 g/mol. The number of ketones is 2. The molecule has 1 aromatic carbocycles. The molecule has 2 N–H and O–H groups in total. The predicted octanol–water partition coefficient (Wildman–Crippen LogP) is 0.974. The Kier molecular flexibility index (Phi) is 4.39. The standard InChI is InChI=1S/C12H13NO4/c1-2-17-12(16)11(15)7-10(14)8-3-5-9(13)6-4-8/h3-6H,2,7,13H2,1H3. The summed E-state index contributed by atoms with van der Waals surface area (Å²) in [5.41, 5.74) is 6.33. The molecule has 0 amide bonds. The number of hydrogen-bond acceptors (Lipinski definition) is 5. The van der Waals surface area contributed by atoms with Gasteiger partial charge in [0, 0.05) is 11.3 Å². The lowest BCUT2D eigenvalue weighted by atomic mass is 10.1. The van der Waals surface area contributed by atoms with E-state index in [1.165, 1.54) is 12.1 Å². The first kappa shape index (κ1) is 12.9. The minimum absolute atomic E-state index is 0.112. The van der Waals surface area contributed by atoms with Crippen LogP contribution < -0.4 is 5.73 Å². The van der Waals surface area contributed by atoms with E-state index >= 15 is 0 Å². The molecule has 0 bridgehead atoms. The van der Waals surface area contributed by atoms with Crippen molar-refractivity contribution in [2.75, 3.05) is 12.3 Å². The summed E-state index contributed by atoms with van der Waals surface area (Å²) < 4.78 is 4.50. The average molecular weight is 235 g/mol. The van der Waals surface area contributed by atoms with E-state index in [-0.39, 0.29) is 6.61 Å². The maximum atomic E-state index is 11.6. The van der Waals surface area contributed by atoms with Crippen LogP contribution in [0.4, 0.5) is 5.69 Å². The van der Waals surface area contributed by atoms with E-state index in [1.54, 1.807) is 19.1 Å². The minimum atomic E-state index is -0.976. The van der Waals surface area contributed by atoms with Gasteiger partial charge < -0.3 is 10.5 Å². The van der Waals surface area contributed by atoms with Crippen LogP contribution in [0.25, 0.3) is 0 Å². The fraction of sp³-hybridized carbons (Fsp3) is 0.250. The second kappa shape index (κ2) is 5.79. The van der Waals surface area contributed by atoms with Gasteiger partial charge in [-0.05, 0) is 31.2 Å². The van der Waals surface area contributed by atoms with Crippen LogP contribution in [0.5, 0.6) is 0 Å². The van der Waals surface area contributed by atoms with E-state index < -0.39 is 24.0 Å². The molecule has 1 aromatic rings. The van der Waals surface area contributed by atoms with Crippen molar-refractivity contribution in [2.24, 2.45) is 0 Å². The van der Waals surface area contributed by atoms with Crippen LogP contribution >= 0.6 is 0 Å². The van der Waals surface area contributed by atoms with Gasteiger partial charge in [0.2, 0.25) is 5.78 Å². The maximum absolute atomic E-state index is 11.6. The molecule has 1 rings (SSSR count). The Bertz CT molecular complexity index is 436. The topological polar surface area (TPSA) is 86.5 Å². The van der Waals surface area contributed by atoms with Gasteiger partial charge in [-0.3, -0.25) is 9.59 Å². The van der Waals surface area contributed by atoms with Crippen LogP contribution in [0, 0.1) is 0 Å². The first-order chi connectivity index (χ1) is 8.04. The number of benzene rings is 1. The molecule has 5 nitrogen and oxygen atoms in total. The molecule has 0 aromatic heterocycles. The molecule has 0 saturated heterocycles. The zero-order chi connectivity index (χ0) is 12.8. The first-order valence-electron chi connectivity index (χ1n) is 5.13. The highest BCUT2D eigenvalue weighted by Crippen LogP contribution is 2.08. The smallest absolute Gasteiger partial charge is 0.375 e. The normalized spacial score (nSPS) is 9.71. The van der Waals surface area contributed by atoms with Crippen LogP contribution in [0.3, 0.4) is 0 Å². The summed E-state index contributed by atoms with van der Waals surface area (Å²) in [6.45, 7) is 1.70. The predicted molar refractivity (Wildman–Crippen MR) is 61.4 cm³/mol. The molecule has 5 heteroatoms. The molecule has 0 aliphatic heterocycles. The molecule has 17 heavy (non-hydrogen) atoms. The van der Waals surface area contributed by atoms with Gasteiger partial charge in [0.15, 0.2) is 5.78 Å². The quantitative estimate of drug-likeness (QED) is 0.270. The lowest BCUT2D eigenvalue weighted by Crippen LogP contribution is -2.20. The summed E-state index contributed by atoms with van der Waals surface area (Å²) in [6, 6.07) is 6.14. The van der Waals surface area contributed by atoms with Crippen molar-refractivity contribution in [2.45, 2.75) is 13.3 Å². The van der Waals surface area contributed by atoms with Crippen LogP contribution in [0.1, 0.15) is 23.7 Å². The van der Waals surface area contributed by atoms with Crippen LogP contribution in [-0.2, 0) is 14.3 Å². The Morgan fingerprint density at radius 1 is 1.18 bits per heavy atom. The van der Waals surface area contributed by atoms with Crippen molar-refractivity contribution < 1.29 is 19.1 Å². The SMILES string of the molecule is CCOC(=O)C(=O)CC(=O)c1ccc(N)cc1. The van der Waals surface area contributed by atoms with E-state index in [1.807, 2.05) is 0 Å². The van der Waals surface area contributed by atoms with E-state index in [9.17, 15) is 14.4 Å².